The number of anilines is 1. The first-order valence-electron chi connectivity index (χ1n) is 7.31. The minimum absolute atomic E-state index is 0.210. The average molecular weight is 289 g/mol. The Morgan fingerprint density at radius 2 is 2.19 bits per heavy atom. The van der Waals surface area contributed by atoms with Crippen LogP contribution < -0.4 is 15.8 Å². The van der Waals surface area contributed by atoms with Crippen LogP contribution in [-0.2, 0) is 11.2 Å². The molecule has 0 bridgehead atoms. The van der Waals surface area contributed by atoms with Gasteiger partial charge in [-0.3, -0.25) is 4.79 Å². The molecule has 5 heteroatoms. The molecular formula is C16H23N3O2. The Morgan fingerprint density at radius 1 is 1.43 bits per heavy atom. The number of aryl methyl sites for hydroxylation is 1. The molecule has 21 heavy (non-hydrogen) atoms. The van der Waals surface area contributed by atoms with Gasteiger partial charge in [-0.05, 0) is 24.1 Å². The molecule has 1 heterocycles. The van der Waals surface area contributed by atoms with Gasteiger partial charge in [-0.2, -0.15) is 0 Å². The minimum atomic E-state index is 0.210. The third-order valence-electron chi connectivity index (χ3n) is 3.53. The Bertz CT molecular complexity index is 496. The molecule has 5 nitrogen and oxygen atoms in total. The Kier molecular flexibility index (Phi) is 5.63. The van der Waals surface area contributed by atoms with Crippen molar-refractivity contribution in [3.63, 3.8) is 0 Å². The molecule has 0 unspecified atom stereocenters. The molecule has 0 aromatic heterocycles. The second-order valence-electron chi connectivity index (χ2n) is 5.10. The number of nitrogens with zero attached hydrogens (tertiary/aromatic N) is 1. The van der Waals surface area contributed by atoms with Crippen molar-refractivity contribution in [2.45, 2.75) is 12.8 Å². The summed E-state index contributed by atoms with van der Waals surface area (Å²) in [4.78, 5) is 14.0. The second kappa shape index (κ2) is 7.69. The highest BCUT2D eigenvalue weighted by atomic mass is 16.5. The van der Waals surface area contributed by atoms with Gasteiger partial charge in [0.05, 0.1) is 5.69 Å². The Hall–Kier alpha value is -2.01. The molecule has 114 valence electrons. The Labute approximate surface area is 125 Å². The van der Waals surface area contributed by atoms with Gasteiger partial charge < -0.3 is 20.7 Å². The maximum Gasteiger partial charge on any atom is 0.222 e. The number of piperazine rings is 1. The van der Waals surface area contributed by atoms with Crippen LogP contribution in [0.25, 0.3) is 0 Å². The van der Waals surface area contributed by atoms with Crippen molar-refractivity contribution in [2.24, 2.45) is 0 Å². The molecule has 0 spiro atoms. The lowest BCUT2D eigenvalue weighted by Gasteiger charge is -2.27. The lowest BCUT2D eigenvalue weighted by molar-refractivity contribution is -0.131. The lowest BCUT2D eigenvalue weighted by atomic mass is 10.1. The van der Waals surface area contributed by atoms with Crippen molar-refractivity contribution in [1.82, 2.24) is 10.2 Å². The van der Waals surface area contributed by atoms with E-state index < -0.39 is 0 Å². The number of ether oxygens (including phenoxy) is 1. The summed E-state index contributed by atoms with van der Waals surface area (Å²) >= 11 is 0. The predicted octanol–water partition coefficient (Wildman–Crippen LogP) is 1.20. The van der Waals surface area contributed by atoms with Gasteiger partial charge in [-0.25, -0.2) is 0 Å². The van der Waals surface area contributed by atoms with E-state index in [0.29, 0.717) is 30.9 Å². The number of benzene rings is 1. The van der Waals surface area contributed by atoms with Gasteiger partial charge in [-0.15, -0.1) is 0 Å². The number of hydrogen-bond acceptors (Lipinski definition) is 4. The van der Waals surface area contributed by atoms with Gasteiger partial charge in [0.15, 0.2) is 0 Å². The van der Waals surface area contributed by atoms with Crippen molar-refractivity contribution in [2.75, 3.05) is 38.5 Å². The Balaban J connectivity index is 1.86. The maximum atomic E-state index is 12.1. The summed E-state index contributed by atoms with van der Waals surface area (Å²) in [7, 11) is 0. The van der Waals surface area contributed by atoms with Crippen LogP contribution in [-0.4, -0.2) is 43.6 Å². The summed E-state index contributed by atoms with van der Waals surface area (Å²) in [6, 6.07) is 5.69. The molecular weight excluding hydrogens is 266 g/mol. The van der Waals surface area contributed by atoms with Gasteiger partial charge in [0.25, 0.3) is 0 Å². The summed E-state index contributed by atoms with van der Waals surface area (Å²) in [6.07, 6.45) is 2.90. The van der Waals surface area contributed by atoms with Gasteiger partial charge in [0, 0.05) is 32.6 Å². The first kappa shape index (κ1) is 15.4. The van der Waals surface area contributed by atoms with Crippen LogP contribution in [0.2, 0.25) is 0 Å². The number of carbonyl (C=O) groups is 1. The zero-order chi connectivity index (χ0) is 15.1. The first-order valence-corrected chi connectivity index (χ1v) is 7.31. The predicted molar refractivity (Wildman–Crippen MR) is 84.3 cm³/mol. The first-order chi connectivity index (χ1) is 10.2. The molecule has 3 N–H and O–H groups in total. The van der Waals surface area contributed by atoms with E-state index in [4.69, 9.17) is 10.5 Å². The second-order valence-corrected chi connectivity index (χ2v) is 5.10. The fourth-order valence-corrected chi connectivity index (χ4v) is 2.36. The summed E-state index contributed by atoms with van der Waals surface area (Å²) in [5.74, 6) is 0.870. The van der Waals surface area contributed by atoms with Crippen LogP contribution in [0.15, 0.2) is 30.9 Å². The van der Waals surface area contributed by atoms with Crippen LogP contribution >= 0.6 is 0 Å². The van der Waals surface area contributed by atoms with Crippen molar-refractivity contribution in [1.29, 1.82) is 0 Å². The third kappa shape index (κ3) is 4.49. The average Bonchev–Trinajstić information content (AvgIpc) is 2.52. The SMILES string of the molecule is C=CCOc1ccc(CCC(=O)N2CCNCC2)cc1N. The molecule has 2 rings (SSSR count). The minimum Gasteiger partial charge on any atom is -0.487 e. The summed E-state index contributed by atoms with van der Waals surface area (Å²) in [5.41, 5.74) is 7.61. The number of hydrogen-bond donors (Lipinski definition) is 2. The molecule has 1 saturated heterocycles. The van der Waals surface area contributed by atoms with E-state index >= 15 is 0 Å². The van der Waals surface area contributed by atoms with Crippen LogP contribution in [0.4, 0.5) is 5.69 Å². The van der Waals surface area contributed by atoms with Crippen molar-refractivity contribution < 1.29 is 9.53 Å². The molecule has 1 aliphatic heterocycles. The number of nitrogens with two attached hydrogens (primary N) is 1. The fourth-order valence-electron chi connectivity index (χ4n) is 2.36. The van der Waals surface area contributed by atoms with Crippen LogP contribution in [0.3, 0.4) is 0 Å². The zero-order valence-corrected chi connectivity index (χ0v) is 12.3. The normalized spacial score (nSPS) is 14.8. The van der Waals surface area contributed by atoms with Crippen LogP contribution in [0.1, 0.15) is 12.0 Å². The van der Waals surface area contributed by atoms with E-state index in [1.165, 1.54) is 0 Å². The van der Waals surface area contributed by atoms with E-state index in [1.54, 1.807) is 6.08 Å². The summed E-state index contributed by atoms with van der Waals surface area (Å²) in [5, 5.41) is 3.24. The molecule has 0 radical (unpaired) electrons. The molecule has 1 fully saturated rings. The Morgan fingerprint density at radius 3 is 2.86 bits per heavy atom. The van der Waals surface area contributed by atoms with Crippen molar-refractivity contribution in [3.8, 4) is 5.75 Å². The zero-order valence-electron chi connectivity index (χ0n) is 12.3. The van der Waals surface area contributed by atoms with Crippen LogP contribution in [0, 0.1) is 0 Å². The number of nitrogens with one attached hydrogen (secondary N) is 1. The van der Waals surface area contributed by atoms with E-state index in [2.05, 4.69) is 11.9 Å². The van der Waals surface area contributed by atoms with Gasteiger partial charge in [0.2, 0.25) is 5.91 Å². The standard InChI is InChI=1S/C16H23N3O2/c1-2-11-21-15-5-3-13(12-14(15)17)4-6-16(20)19-9-7-18-8-10-19/h2-3,5,12,18H,1,4,6-11,17H2. The highest BCUT2D eigenvalue weighted by Gasteiger charge is 2.15. The molecule has 0 atom stereocenters. The van der Waals surface area contributed by atoms with E-state index in [9.17, 15) is 4.79 Å². The summed E-state index contributed by atoms with van der Waals surface area (Å²) < 4.78 is 5.44. The largest absolute Gasteiger partial charge is 0.487 e. The van der Waals surface area contributed by atoms with Gasteiger partial charge in [0.1, 0.15) is 12.4 Å². The quantitative estimate of drug-likeness (QED) is 0.610. The fraction of sp³-hybridized carbons (Fsp3) is 0.438. The van der Waals surface area contributed by atoms with Crippen LogP contribution in [0.5, 0.6) is 5.75 Å². The monoisotopic (exact) mass is 289 g/mol. The van der Waals surface area contributed by atoms with Crippen molar-refractivity contribution in [3.05, 3.63) is 36.4 Å². The molecule has 0 saturated carbocycles. The van der Waals surface area contributed by atoms with E-state index in [1.807, 2.05) is 23.1 Å². The number of amides is 1. The molecule has 0 aliphatic carbocycles. The number of rotatable bonds is 6. The molecule has 1 aromatic carbocycles. The highest BCUT2D eigenvalue weighted by molar-refractivity contribution is 5.76. The molecule has 1 aromatic rings. The molecule has 1 amide bonds. The smallest absolute Gasteiger partial charge is 0.222 e. The number of carbonyl (C=O) groups excluding carboxylic acids is 1. The maximum absolute atomic E-state index is 12.1. The van der Waals surface area contributed by atoms with Gasteiger partial charge in [-0.1, -0.05) is 18.7 Å². The van der Waals surface area contributed by atoms with E-state index in [0.717, 1.165) is 31.7 Å². The topological polar surface area (TPSA) is 67.6 Å². The number of nitrogen functional groups attached to an aromatic ring is 1. The third-order valence-corrected chi connectivity index (χ3v) is 3.53. The van der Waals surface area contributed by atoms with Crippen molar-refractivity contribution >= 4 is 11.6 Å². The lowest BCUT2D eigenvalue weighted by Crippen LogP contribution is -2.46. The van der Waals surface area contributed by atoms with Gasteiger partial charge >= 0.3 is 0 Å². The molecule has 1 aliphatic rings. The van der Waals surface area contributed by atoms with E-state index in [-0.39, 0.29) is 5.91 Å². The summed E-state index contributed by atoms with van der Waals surface area (Å²) in [6.45, 7) is 7.41. The highest BCUT2D eigenvalue weighted by Crippen LogP contribution is 2.23.